The number of imidazole rings is 1. The zero-order valence-corrected chi connectivity index (χ0v) is 10.7. The van der Waals surface area contributed by atoms with Crippen molar-refractivity contribution in [1.29, 1.82) is 0 Å². The molecule has 2 aromatic rings. The van der Waals surface area contributed by atoms with Crippen LogP contribution in [0.2, 0.25) is 0 Å². The Balaban J connectivity index is 1.93. The molecule has 4 nitrogen and oxygen atoms in total. The lowest BCUT2D eigenvalue weighted by atomic mass is 9.99. The monoisotopic (exact) mass is 245 g/mol. The zero-order valence-electron chi connectivity index (χ0n) is 10.7. The van der Waals surface area contributed by atoms with Crippen molar-refractivity contribution in [2.24, 2.45) is 5.92 Å². The Morgan fingerprint density at radius 1 is 1.39 bits per heavy atom. The minimum atomic E-state index is 0.732. The number of nitrogens with zero attached hydrogens (tertiary/aromatic N) is 2. The fourth-order valence-corrected chi connectivity index (χ4v) is 2.46. The van der Waals surface area contributed by atoms with Gasteiger partial charge in [0.15, 0.2) is 0 Å². The van der Waals surface area contributed by atoms with Crippen LogP contribution in [0.25, 0.3) is 11.0 Å². The summed E-state index contributed by atoms with van der Waals surface area (Å²) in [5.41, 5.74) is 2.31. The third kappa shape index (κ3) is 2.13. The first-order valence-corrected chi connectivity index (χ1v) is 6.52. The molecule has 1 aromatic carbocycles. The van der Waals surface area contributed by atoms with E-state index in [1.54, 1.807) is 7.11 Å². The Kier molecular flexibility index (Phi) is 3.30. The summed E-state index contributed by atoms with van der Waals surface area (Å²) >= 11 is 0. The minimum Gasteiger partial charge on any atom is -0.383 e. The van der Waals surface area contributed by atoms with E-state index in [4.69, 9.17) is 9.72 Å². The SMILES string of the molecule is COCCn1c(CC2CNC2)nc2ccccc21. The second-order valence-corrected chi connectivity index (χ2v) is 4.89. The van der Waals surface area contributed by atoms with Crippen LogP contribution in [0.3, 0.4) is 0 Å². The first-order valence-electron chi connectivity index (χ1n) is 6.52. The number of aromatic nitrogens is 2. The van der Waals surface area contributed by atoms with Gasteiger partial charge in [-0.25, -0.2) is 4.98 Å². The van der Waals surface area contributed by atoms with E-state index >= 15 is 0 Å². The van der Waals surface area contributed by atoms with E-state index in [9.17, 15) is 0 Å². The highest BCUT2D eigenvalue weighted by Crippen LogP contribution is 2.19. The molecular formula is C14H19N3O. The molecule has 0 bridgehead atoms. The van der Waals surface area contributed by atoms with Crippen molar-refractivity contribution in [2.75, 3.05) is 26.8 Å². The van der Waals surface area contributed by atoms with Gasteiger partial charge in [-0.1, -0.05) is 12.1 Å². The average molecular weight is 245 g/mol. The molecule has 2 heterocycles. The topological polar surface area (TPSA) is 39.1 Å². The second-order valence-electron chi connectivity index (χ2n) is 4.89. The summed E-state index contributed by atoms with van der Waals surface area (Å²) in [6.07, 6.45) is 1.06. The van der Waals surface area contributed by atoms with Crippen LogP contribution in [-0.4, -0.2) is 36.4 Å². The molecule has 1 N–H and O–H groups in total. The Hall–Kier alpha value is -1.39. The molecule has 18 heavy (non-hydrogen) atoms. The summed E-state index contributed by atoms with van der Waals surface area (Å²) in [5.74, 6) is 1.93. The van der Waals surface area contributed by atoms with Crippen LogP contribution in [0.15, 0.2) is 24.3 Å². The van der Waals surface area contributed by atoms with Gasteiger partial charge in [0.1, 0.15) is 5.82 Å². The number of hydrogen-bond donors (Lipinski definition) is 1. The fourth-order valence-electron chi connectivity index (χ4n) is 2.46. The average Bonchev–Trinajstić information content (AvgIpc) is 2.69. The van der Waals surface area contributed by atoms with E-state index in [-0.39, 0.29) is 0 Å². The van der Waals surface area contributed by atoms with Gasteiger partial charge in [0.25, 0.3) is 0 Å². The summed E-state index contributed by atoms with van der Waals surface area (Å²) < 4.78 is 7.51. The lowest BCUT2D eigenvalue weighted by Crippen LogP contribution is -2.43. The van der Waals surface area contributed by atoms with Crippen molar-refractivity contribution in [2.45, 2.75) is 13.0 Å². The summed E-state index contributed by atoms with van der Waals surface area (Å²) in [6, 6.07) is 8.34. The summed E-state index contributed by atoms with van der Waals surface area (Å²) in [6.45, 7) is 3.85. The third-order valence-electron chi connectivity index (χ3n) is 3.59. The highest BCUT2D eigenvalue weighted by Gasteiger charge is 2.20. The molecule has 1 fully saturated rings. The first kappa shape index (κ1) is 11.7. The molecule has 1 saturated heterocycles. The van der Waals surface area contributed by atoms with Crippen LogP contribution in [0.4, 0.5) is 0 Å². The van der Waals surface area contributed by atoms with Gasteiger partial charge in [-0.2, -0.15) is 0 Å². The molecule has 1 aliphatic rings. The highest BCUT2D eigenvalue weighted by atomic mass is 16.5. The summed E-state index contributed by atoms with van der Waals surface area (Å²) in [5, 5.41) is 3.32. The minimum absolute atomic E-state index is 0.732. The molecular weight excluding hydrogens is 226 g/mol. The van der Waals surface area contributed by atoms with Gasteiger partial charge in [0.05, 0.1) is 17.6 Å². The fraction of sp³-hybridized carbons (Fsp3) is 0.500. The van der Waals surface area contributed by atoms with Crippen molar-refractivity contribution in [1.82, 2.24) is 14.9 Å². The number of hydrogen-bond acceptors (Lipinski definition) is 3. The third-order valence-corrected chi connectivity index (χ3v) is 3.59. The molecule has 1 aromatic heterocycles. The van der Waals surface area contributed by atoms with Crippen LogP contribution in [-0.2, 0) is 17.7 Å². The standard InChI is InChI=1S/C14H19N3O/c1-18-7-6-17-13-5-3-2-4-12(13)16-14(17)8-11-9-15-10-11/h2-5,11,15H,6-10H2,1H3. The van der Waals surface area contributed by atoms with E-state index in [1.807, 2.05) is 6.07 Å². The number of methoxy groups -OCH3 is 1. The maximum atomic E-state index is 5.20. The number of ether oxygens (including phenoxy) is 1. The Bertz CT molecular complexity index is 531. The van der Waals surface area contributed by atoms with Crippen molar-refractivity contribution in [3.05, 3.63) is 30.1 Å². The molecule has 3 rings (SSSR count). The lowest BCUT2D eigenvalue weighted by molar-refractivity contribution is 0.186. The molecule has 0 radical (unpaired) electrons. The van der Waals surface area contributed by atoms with Crippen LogP contribution in [0.5, 0.6) is 0 Å². The molecule has 4 heteroatoms. The Labute approximate surface area is 107 Å². The lowest BCUT2D eigenvalue weighted by Gasteiger charge is -2.26. The van der Waals surface area contributed by atoms with Crippen molar-refractivity contribution < 1.29 is 4.74 Å². The van der Waals surface area contributed by atoms with Crippen LogP contribution < -0.4 is 5.32 Å². The van der Waals surface area contributed by atoms with Gasteiger partial charge in [-0.15, -0.1) is 0 Å². The predicted molar refractivity (Wildman–Crippen MR) is 71.7 cm³/mol. The maximum Gasteiger partial charge on any atom is 0.110 e. The van der Waals surface area contributed by atoms with Gasteiger partial charge in [0, 0.05) is 20.1 Å². The maximum absolute atomic E-state index is 5.20. The molecule has 0 amide bonds. The molecule has 0 aliphatic carbocycles. The van der Waals surface area contributed by atoms with Gasteiger partial charge >= 0.3 is 0 Å². The molecule has 0 unspecified atom stereocenters. The Morgan fingerprint density at radius 3 is 2.94 bits per heavy atom. The highest BCUT2D eigenvalue weighted by molar-refractivity contribution is 5.75. The largest absolute Gasteiger partial charge is 0.383 e. The van der Waals surface area contributed by atoms with E-state index in [0.717, 1.165) is 44.1 Å². The van der Waals surface area contributed by atoms with E-state index in [2.05, 4.69) is 28.1 Å². The number of nitrogens with one attached hydrogen (secondary N) is 1. The van der Waals surface area contributed by atoms with Gasteiger partial charge < -0.3 is 14.6 Å². The first-order chi connectivity index (χ1) is 8.88. The van der Waals surface area contributed by atoms with Crippen molar-refractivity contribution >= 4 is 11.0 Å². The smallest absolute Gasteiger partial charge is 0.110 e. The van der Waals surface area contributed by atoms with E-state index < -0.39 is 0 Å². The van der Waals surface area contributed by atoms with Crippen molar-refractivity contribution in [3.63, 3.8) is 0 Å². The summed E-state index contributed by atoms with van der Waals surface area (Å²) in [7, 11) is 1.74. The Morgan fingerprint density at radius 2 is 2.22 bits per heavy atom. The summed E-state index contributed by atoms with van der Waals surface area (Å²) in [4.78, 5) is 4.77. The molecule has 96 valence electrons. The number of rotatable bonds is 5. The predicted octanol–water partition coefficient (Wildman–Crippen LogP) is 1.44. The van der Waals surface area contributed by atoms with Gasteiger partial charge in [-0.05, 0) is 31.1 Å². The van der Waals surface area contributed by atoms with E-state index in [0.29, 0.717) is 0 Å². The molecule has 1 aliphatic heterocycles. The van der Waals surface area contributed by atoms with Gasteiger partial charge in [0.2, 0.25) is 0 Å². The molecule has 0 spiro atoms. The van der Waals surface area contributed by atoms with Crippen LogP contribution in [0, 0.1) is 5.92 Å². The number of fused-ring (bicyclic) bond motifs is 1. The van der Waals surface area contributed by atoms with Crippen LogP contribution >= 0.6 is 0 Å². The van der Waals surface area contributed by atoms with E-state index in [1.165, 1.54) is 11.3 Å². The molecule has 0 saturated carbocycles. The van der Waals surface area contributed by atoms with Crippen LogP contribution in [0.1, 0.15) is 5.82 Å². The number of benzene rings is 1. The quantitative estimate of drug-likeness (QED) is 0.866. The zero-order chi connectivity index (χ0) is 12.4. The second kappa shape index (κ2) is 5.08. The number of para-hydroxylation sites is 2. The normalized spacial score (nSPS) is 16.1. The van der Waals surface area contributed by atoms with Gasteiger partial charge in [-0.3, -0.25) is 0 Å². The molecule has 0 atom stereocenters. The van der Waals surface area contributed by atoms with Crippen molar-refractivity contribution in [3.8, 4) is 0 Å².